The number of amides is 1. The minimum absolute atomic E-state index is 0.0175. The Labute approximate surface area is 208 Å². The zero-order valence-electron chi connectivity index (χ0n) is 18.4. The van der Waals surface area contributed by atoms with Gasteiger partial charge in [-0.2, -0.15) is 5.26 Å². The maximum absolute atomic E-state index is 14.3. The molecule has 1 unspecified atom stereocenters. The Kier molecular flexibility index (Phi) is 7.03. The molecule has 0 radical (unpaired) electrons. The van der Waals surface area contributed by atoms with Crippen LogP contribution in [0, 0.1) is 17.1 Å². The highest BCUT2D eigenvalue weighted by Crippen LogP contribution is 2.38. The highest BCUT2D eigenvalue weighted by molar-refractivity contribution is 6.31. The summed E-state index contributed by atoms with van der Waals surface area (Å²) in [4.78, 5) is 32.5. The molecule has 0 spiro atoms. The van der Waals surface area contributed by atoms with E-state index in [2.05, 4.69) is 15.3 Å². The van der Waals surface area contributed by atoms with Gasteiger partial charge < -0.3 is 25.6 Å². The number of aliphatic hydroxyl groups is 2. The molecule has 10 nitrogen and oxygen atoms in total. The van der Waals surface area contributed by atoms with Gasteiger partial charge in [0.15, 0.2) is 5.82 Å². The fourth-order valence-electron chi connectivity index (χ4n) is 3.76. The summed E-state index contributed by atoms with van der Waals surface area (Å²) in [6.45, 7) is -1.12. The van der Waals surface area contributed by atoms with E-state index in [4.69, 9.17) is 16.9 Å². The molecule has 1 atom stereocenters. The van der Waals surface area contributed by atoms with Crippen LogP contribution in [0.4, 0.5) is 10.1 Å². The Morgan fingerprint density at radius 1 is 1.25 bits per heavy atom. The number of nitrogens with one attached hydrogen (secondary N) is 2. The first-order chi connectivity index (χ1) is 17.3. The van der Waals surface area contributed by atoms with Crippen molar-refractivity contribution in [2.24, 2.45) is 4.99 Å². The van der Waals surface area contributed by atoms with E-state index in [1.54, 1.807) is 6.07 Å². The maximum atomic E-state index is 14.3. The van der Waals surface area contributed by atoms with Crippen molar-refractivity contribution in [3.05, 3.63) is 80.1 Å². The molecule has 2 aromatic carbocycles. The molecule has 12 heteroatoms. The summed E-state index contributed by atoms with van der Waals surface area (Å²) in [5, 5.41) is 41.1. The van der Waals surface area contributed by atoms with Crippen molar-refractivity contribution in [1.29, 1.82) is 5.26 Å². The quantitative estimate of drug-likeness (QED) is 0.325. The molecule has 5 N–H and O–H groups in total. The summed E-state index contributed by atoms with van der Waals surface area (Å²) in [6.07, 6.45) is 2.71. The van der Waals surface area contributed by atoms with E-state index in [1.165, 1.54) is 42.6 Å². The molecule has 1 aromatic heterocycles. The van der Waals surface area contributed by atoms with Gasteiger partial charge in [-0.25, -0.2) is 13.8 Å². The van der Waals surface area contributed by atoms with Crippen LogP contribution in [0.15, 0.2) is 46.2 Å². The van der Waals surface area contributed by atoms with Crippen molar-refractivity contribution in [2.75, 3.05) is 13.2 Å². The van der Waals surface area contributed by atoms with Crippen molar-refractivity contribution < 1.29 is 24.5 Å². The zero-order valence-corrected chi connectivity index (χ0v) is 19.2. The predicted molar refractivity (Wildman–Crippen MR) is 130 cm³/mol. The largest absolute Gasteiger partial charge is 0.493 e. The highest BCUT2D eigenvalue weighted by atomic mass is 35.5. The van der Waals surface area contributed by atoms with Crippen molar-refractivity contribution >= 4 is 41.1 Å². The van der Waals surface area contributed by atoms with Crippen LogP contribution in [-0.4, -0.2) is 56.2 Å². The van der Waals surface area contributed by atoms with Gasteiger partial charge in [0.25, 0.3) is 0 Å². The second-order valence-electron chi connectivity index (χ2n) is 7.86. The number of aliphatic imine (C=N–C) groups is 1. The molecule has 0 saturated heterocycles. The van der Waals surface area contributed by atoms with Gasteiger partial charge in [0.1, 0.15) is 17.4 Å². The fraction of sp³-hybridized carbons (Fsp3) is 0.167. The van der Waals surface area contributed by atoms with Crippen LogP contribution in [0.3, 0.4) is 0 Å². The van der Waals surface area contributed by atoms with Crippen LogP contribution < -0.4 is 11.0 Å². The average Bonchev–Trinajstić information content (AvgIpc) is 3.41. The number of aromatic nitrogens is 2. The number of aromatic amines is 1. The van der Waals surface area contributed by atoms with E-state index >= 15 is 0 Å². The van der Waals surface area contributed by atoms with E-state index in [0.717, 1.165) is 4.57 Å². The van der Waals surface area contributed by atoms with Crippen LogP contribution >= 0.6 is 11.6 Å². The lowest BCUT2D eigenvalue weighted by atomic mass is 10.0. The molecule has 1 amide bonds. The fourth-order valence-corrected chi connectivity index (χ4v) is 3.91. The molecule has 0 fully saturated rings. The molecule has 1 aliphatic heterocycles. The summed E-state index contributed by atoms with van der Waals surface area (Å²) in [5.41, 5.74) is 0.432. The first-order valence-corrected chi connectivity index (χ1v) is 11.0. The lowest BCUT2D eigenvalue weighted by Crippen LogP contribution is -2.45. The molecule has 2 heterocycles. The molecule has 4 rings (SSSR count). The highest BCUT2D eigenvalue weighted by Gasteiger charge is 2.30. The lowest BCUT2D eigenvalue weighted by molar-refractivity contribution is -0.124. The summed E-state index contributed by atoms with van der Waals surface area (Å²) < 4.78 is 15.1. The smallest absolute Gasteiger partial charge is 0.329 e. The first kappa shape index (κ1) is 24.9. The summed E-state index contributed by atoms with van der Waals surface area (Å²) in [5.74, 6) is -2.10. The van der Waals surface area contributed by atoms with E-state index in [0.29, 0.717) is 16.7 Å². The van der Waals surface area contributed by atoms with Gasteiger partial charge >= 0.3 is 5.69 Å². The average molecular weight is 512 g/mol. The Bertz CT molecular complexity index is 1480. The van der Waals surface area contributed by atoms with Crippen molar-refractivity contribution in [2.45, 2.75) is 12.1 Å². The van der Waals surface area contributed by atoms with Gasteiger partial charge in [-0.3, -0.25) is 9.79 Å². The monoisotopic (exact) mass is 511 g/mol. The van der Waals surface area contributed by atoms with E-state index in [-0.39, 0.29) is 22.0 Å². The standard InChI is InChI=1S/C24H19ClFN5O5/c25-17-6-5-16-14(9-28-20(16)19(17)26)7-18-23(35)31(24(36)30-18)21(22(34)29-15(10-32)11-33)13-3-1-12(8-27)2-4-13/h1-7,9,15,21,32-33,35H,10-11H2,(H,29,34)(H,30,36)/b14-7+. The SMILES string of the molecule is N#Cc1ccc(C(C(=O)NC(CO)CO)n2c(O)c(/C=C3\C=Nc4c3ccc(Cl)c4F)[nH]c2=O)cc1. The van der Waals surface area contributed by atoms with Gasteiger partial charge in [-0.15, -0.1) is 0 Å². The maximum Gasteiger partial charge on any atom is 0.329 e. The van der Waals surface area contributed by atoms with Crippen molar-refractivity contribution in [1.82, 2.24) is 14.9 Å². The third kappa shape index (κ3) is 4.52. The number of nitriles is 1. The Morgan fingerprint density at radius 2 is 1.94 bits per heavy atom. The molecule has 0 bridgehead atoms. The second-order valence-corrected chi connectivity index (χ2v) is 8.27. The number of halogens is 2. The number of H-pyrrole nitrogens is 1. The summed E-state index contributed by atoms with van der Waals surface area (Å²) in [6, 6.07) is 8.19. The Balaban J connectivity index is 1.80. The Hall–Kier alpha value is -4.24. The number of hydrogen-bond acceptors (Lipinski definition) is 7. The van der Waals surface area contributed by atoms with E-state index < -0.39 is 48.6 Å². The molecule has 0 saturated carbocycles. The zero-order chi connectivity index (χ0) is 26.0. The molecular weight excluding hydrogens is 493 g/mol. The number of aliphatic hydroxyl groups excluding tert-OH is 2. The number of hydrogen-bond donors (Lipinski definition) is 5. The first-order valence-electron chi connectivity index (χ1n) is 10.6. The molecule has 184 valence electrons. The van der Waals surface area contributed by atoms with Gasteiger partial charge in [0.2, 0.25) is 11.8 Å². The summed E-state index contributed by atoms with van der Waals surface area (Å²) >= 11 is 5.80. The van der Waals surface area contributed by atoms with Crippen LogP contribution in [0.2, 0.25) is 5.02 Å². The van der Waals surface area contributed by atoms with Crippen LogP contribution in [0.25, 0.3) is 11.6 Å². The number of fused-ring (bicyclic) bond motifs is 1. The minimum atomic E-state index is -1.42. The number of carbonyl (C=O) groups is 1. The topological polar surface area (TPSA) is 164 Å². The van der Waals surface area contributed by atoms with Gasteiger partial charge in [0, 0.05) is 17.4 Å². The Morgan fingerprint density at radius 3 is 2.58 bits per heavy atom. The van der Waals surface area contributed by atoms with Crippen molar-refractivity contribution in [3.63, 3.8) is 0 Å². The van der Waals surface area contributed by atoms with Gasteiger partial charge in [-0.1, -0.05) is 29.8 Å². The number of allylic oxidation sites excluding steroid dienone is 1. The number of nitrogens with zero attached hydrogens (tertiary/aromatic N) is 3. The third-order valence-electron chi connectivity index (χ3n) is 5.59. The van der Waals surface area contributed by atoms with Gasteiger partial charge in [-0.05, 0) is 29.8 Å². The second kappa shape index (κ2) is 10.2. The lowest BCUT2D eigenvalue weighted by Gasteiger charge is -2.21. The number of rotatable bonds is 7. The number of imidazole rings is 1. The molecule has 0 aliphatic carbocycles. The molecular formula is C24H19ClFN5O5. The molecule has 3 aromatic rings. The third-order valence-corrected chi connectivity index (χ3v) is 5.88. The molecule has 36 heavy (non-hydrogen) atoms. The normalized spacial score (nSPS) is 14.2. The molecule has 1 aliphatic rings. The minimum Gasteiger partial charge on any atom is -0.493 e. The van der Waals surface area contributed by atoms with Crippen molar-refractivity contribution in [3.8, 4) is 11.9 Å². The number of benzene rings is 2. The van der Waals surface area contributed by atoms with Gasteiger partial charge in [0.05, 0.1) is 35.9 Å². The van der Waals surface area contributed by atoms with E-state index in [1.807, 2.05) is 6.07 Å². The summed E-state index contributed by atoms with van der Waals surface area (Å²) in [7, 11) is 0. The van der Waals surface area contributed by atoms with E-state index in [9.17, 15) is 29.3 Å². The number of aromatic hydroxyl groups is 1. The number of carbonyl (C=O) groups excluding carboxylic acids is 1. The predicted octanol–water partition coefficient (Wildman–Crippen LogP) is 1.86. The van der Waals surface area contributed by atoms with Crippen LogP contribution in [0.1, 0.15) is 28.4 Å². The van der Waals surface area contributed by atoms with Crippen LogP contribution in [-0.2, 0) is 4.79 Å². The van der Waals surface area contributed by atoms with Crippen LogP contribution in [0.5, 0.6) is 5.88 Å².